The van der Waals surface area contributed by atoms with Crippen LogP contribution in [-0.4, -0.2) is 18.7 Å². The summed E-state index contributed by atoms with van der Waals surface area (Å²) in [5.74, 6) is 0.885. The first-order chi connectivity index (χ1) is 8.74. The van der Waals surface area contributed by atoms with Gasteiger partial charge < -0.3 is 14.6 Å². The van der Waals surface area contributed by atoms with Gasteiger partial charge in [-0.1, -0.05) is 15.9 Å². The van der Waals surface area contributed by atoms with Gasteiger partial charge in [-0.25, -0.2) is 0 Å². The average molecular weight is 309 g/mol. The highest BCUT2D eigenvalue weighted by atomic mass is 79.9. The zero-order valence-electron chi connectivity index (χ0n) is 10.6. The van der Waals surface area contributed by atoms with Crippen molar-refractivity contribution in [1.29, 1.82) is 0 Å². The van der Waals surface area contributed by atoms with Gasteiger partial charge in [0, 0.05) is 29.5 Å². The third kappa shape index (κ3) is 2.94. The van der Waals surface area contributed by atoms with Crippen LogP contribution < -0.4 is 10.1 Å². The van der Waals surface area contributed by atoms with E-state index >= 15 is 0 Å². The van der Waals surface area contributed by atoms with E-state index in [9.17, 15) is 0 Å². The molecule has 1 N–H and O–H groups in total. The quantitative estimate of drug-likeness (QED) is 0.919. The highest BCUT2D eigenvalue weighted by Gasteiger charge is 2.05. The molecule has 0 saturated carbocycles. The molecule has 96 valence electrons. The minimum Gasteiger partial charge on any atom is -0.497 e. The van der Waals surface area contributed by atoms with Crippen molar-refractivity contribution in [3.63, 3.8) is 0 Å². The SMILES string of the molecule is CNCc1cccn1Cc1cc(OC)ccc1Br. The van der Waals surface area contributed by atoms with Gasteiger partial charge in [-0.05, 0) is 42.9 Å². The van der Waals surface area contributed by atoms with Crippen molar-refractivity contribution >= 4 is 15.9 Å². The monoisotopic (exact) mass is 308 g/mol. The molecule has 3 nitrogen and oxygen atoms in total. The lowest BCUT2D eigenvalue weighted by Gasteiger charge is -2.11. The highest BCUT2D eigenvalue weighted by Crippen LogP contribution is 2.23. The summed E-state index contributed by atoms with van der Waals surface area (Å²) in [6.45, 7) is 1.70. The zero-order chi connectivity index (χ0) is 13.0. The molecule has 1 heterocycles. The summed E-state index contributed by atoms with van der Waals surface area (Å²) in [5.41, 5.74) is 2.48. The molecule has 0 unspecified atom stereocenters. The summed E-state index contributed by atoms with van der Waals surface area (Å²) < 4.78 is 8.60. The molecule has 0 aliphatic heterocycles. The minimum atomic E-state index is 0.835. The summed E-state index contributed by atoms with van der Waals surface area (Å²) in [6, 6.07) is 10.2. The summed E-state index contributed by atoms with van der Waals surface area (Å²) in [5, 5.41) is 3.18. The zero-order valence-corrected chi connectivity index (χ0v) is 12.2. The van der Waals surface area contributed by atoms with E-state index in [0.29, 0.717) is 0 Å². The van der Waals surface area contributed by atoms with Crippen molar-refractivity contribution in [1.82, 2.24) is 9.88 Å². The van der Waals surface area contributed by atoms with Crippen molar-refractivity contribution in [2.75, 3.05) is 14.2 Å². The predicted octanol–water partition coefficient (Wildman–Crippen LogP) is 3.03. The number of hydrogen-bond acceptors (Lipinski definition) is 2. The number of ether oxygens (including phenoxy) is 1. The van der Waals surface area contributed by atoms with Gasteiger partial charge in [0.1, 0.15) is 5.75 Å². The van der Waals surface area contributed by atoms with Crippen molar-refractivity contribution in [2.45, 2.75) is 13.1 Å². The lowest BCUT2D eigenvalue weighted by Crippen LogP contribution is -2.11. The minimum absolute atomic E-state index is 0.835. The molecular weight excluding hydrogens is 292 g/mol. The second kappa shape index (κ2) is 6.07. The van der Waals surface area contributed by atoms with Gasteiger partial charge in [0.2, 0.25) is 0 Å². The number of hydrogen-bond donors (Lipinski definition) is 1. The Bertz CT molecular complexity index is 522. The van der Waals surface area contributed by atoms with E-state index in [0.717, 1.165) is 23.3 Å². The summed E-state index contributed by atoms with van der Waals surface area (Å²) >= 11 is 3.58. The summed E-state index contributed by atoms with van der Waals surface area (Å²) in [4.78, 5) is 0. The van der Waals surface area contributed by atoms with Crippen LogP contribution >= 0.6 is 15.9 Å². The molecule has 2 rings (SSSR count). The van der Waals surface area contributed by atoms with E-state index in [2.05, 4.69) is 50.2 Å². The van der Waals surface area contributed by atoms with Crippen LogP contribution in [0.2, 0.25) is 0 Å². The fourth-order valence-electron chi connectivity index (χ4n) is 1.93. The molecule has 0 fully saturated rings. The number of aromatic nitrogens is 1. The van der Waals surface area contributed by atoms with Crippen LogP contribution in [0.25, 0.3) is 0 Å². The van der Waals surface area contributed by atoms with Gasteiger partial charge in [0.15, 0.2) is 0 Å². The first-order valence-electron chi connectivity index (χ1n) is 5.85. The molecule has 0 amide bonds. The average Bonchev–Trinajstić information content (AvgIpc) is 2.80. The number of benzene rings is 1. The van der Waals surface area contributed by atoms with Crippen molar-refractivity contribution in [3.05, 3.63) is 52.3 Å². The maximum atomic E-state index is 5.26. The maximum Gasteiger partial charge on any atom is 0.119 e. The number of methoxy groups -OCH3 is 1. The summed E-state index contributed by atoms with van der Waals surface area (Å²) in [6.07, 6.45) is 2.10. The normalized spacial score (nSPS) is 10.6. The lowest BCUT2D eigenvalue weighted by molar-refractivity contribution is 0.414. The van der Waals surface area contributed by atoms with Crippen LogP contribution in [0.3, 0.4) is 0 Å². The van der Waals surface area contributed by atoms with Gasteiger partial charge in [0.25, 0.3) is 0 Å². The van der Waals surface area contributed by atoms with Crippen LogP contribution in [-0.2, 0) is 13.1 Å². The van der Waals surface area contributed by atoms with E-state index in [4.69, 9.17) is 4.74 Å². The molecule has 4 heteroatoms. The standard InChI is InChI=1S/C14H17BrN2O/c1-16-9-12-4-3-7-17(12)10-11-8-13(18-2)5-6-14(11)15/h3-8,16H,9-10H2,1-2H3. The van der Waals surface area contributed by atoms with E-state index < -0.39 is 0 Å². The van der Waals surface area contributed by atoms with Crippen LogP contribution in [0, 0.1) is 0 Å². The topological polar surface area (TPSA) is 26.2 Å². The Morgan fingerprint density at radius 3 is 2.89 bits per heavy atom. The van der Waals surface area contributed by atoms with Crippen LogP contribution in [0.15, 0.2) is 41.0 Å². The smallest absolute Gasteiger partial charge is 0.119 e. The molecule has 18 heavy (non-hydrogen) atoms. The maximum absolute atomic E-state index is 5.26. The molecule has 0 spiro atoms. The van der Waals surface area contributed by atoms with Crippen molar-refractivity contribution in [2.24, 2.45) is 0 Å². The third-order valence-electron chi connectivity index (χ3n) is 2.88. The highest BCUT2D eigenvalue weighted by molar-refractivity contribution is 9.10. The Balaban J connectivity index is 2.24. The Kier molecular flexibility index (Phi) is 4.44. The Hall–Kier alpha value is -1.26. The van der Waals surface area contributed by atoms with E-state index in [-0.39, 0.29) is 0 Å². The number of rotatable bonds is 5. The largest absolute Gasteiger partial charge is 0.497 e. The molecule has 0 bridgehead atoms. The fourth-order valence-corrected chi connectivity index (χ4v) is 2.30. The van der Waals surface area contributed by atoms with Crippen LogP contribution in [0.4, 0.5) is 0 Å². The first-order valence-corrected chi connectivity index (χ1v) is 6.65. The third-order valence-corrected chi connectivity index (χ3v) is 3.65. The number of nitrogens with one attached hydrogen (secondary N) is 1. The molecule has 1 aromatic carbocycles. The molecule has 0 aliphatic rings. The van der Waals surface area contributed by atoms with E-state index in [1.54, 1.807) is 7.11 Å². The first kappa shape index (κ1) is 13.2. The predicted molar refractivity (Wildman–Crippen MR) is 77.0 cm³/mol. The Morgan fingerprint density at radius 1 is 1.33 bits per heavy atom. The summed E-state index contributed by atoms with van der Waals surface area (Å²) in [7, 11) is 3.65. The van der Waals surface area contributed by atoms with Gasteiger partial charge in [-0.3, -0.25) is 0 Å². The second-order valence-electron chi connectivity index (χ2n) is 4.12. The van der Waals surface area contributed by atoms with Crippen LogP contribution in [0.1, 0.15) is 11.3 Å². The van der Waals surface area contributed by atoms with E-state index in [1.807, 2.05) is 19.2 Å². The van der Waals surface area contributed by atoms with Gasteiger partial charge in [0.05, 0.1) is 7.11 Å². The Morgan fingerprint density at radius 2 is 2.17 bits per heavy atom. The van der Waals surface area contributed by atoms with Gasteiger partial charge >= 0.3 is 0 Å². The van der Waals surface area contributed by atoms with Crippen LogP contribution in [0.5, 0.6) is 5.75 Å². The molecular formula is C14H17BrN2O. The molecule has 2 aromatic rings. The molecule has 0 atom stereocenters. The molecule has 0 saturated heterocycles. The van der Waals surface area contributed by atoms with Gasteiger partial charge in [-0.2, -0.15) is 0 Å². The Labute approximate surface area is 116 Å². The number of nitrogens with zero attached hydrogens (tertiary/aromatic N) is 1. The fraction of sp³-hybridized carbons (Fsp3) is 0.286. The molecule has 1 aromatic heterocycles. The second-order valence-corrected chi connectivity index (χ2v) is 4.97. The molecule has 0 radical (unpaired) electrons. The lowest BCUT2D eigenvalue weighted by atomic mass is 10.2. The van der Waals surface area contributed by atoms with Crippen molar-refractivity contribution in [3.8, 4) is 5.75 Å². The van der Waals surface area contributed by atoms with E-state index in [1.165, 1.54) is 11.3 Å². The molecule has 0 aliphatic carbocycles. The van der Waals surface area contributed by atoms with Crippen molar-refractivity contribution < 1.29 is 4.74 Å². The van der Waals surface area contributed by atoms with Gasteiger partial charge in [-0.15, -0.1) is 0 Å². The number of halogens is 1.